The summed E-state index contributed by atoms with van der Waals surface area (Å²) >= 11 is 0. The average molecular weight is 390 g/mol. The van der Waals surface area contributed by atoms with Crippen molar-refractivity contribution in [2.45, 2.75) is 6.17 Å². The lowest BCUT2D eigenvalue weighted by Crippen LogP contribution is -2.30. The van der Waals surface area contributed by atoms with Gasteiger partial charge in [0.1, 0.15) is 6.17 Å². The number of nitrogens with one attached hydrogen (secondary N) is 1. The zero-order chi connectivity index (χ0) is 20.3. The SMILES string of the molecule is CN1C(c2ccc(-c3ccccc3)cc2)=NNC1c1ccc(-c2ccccc2)cc1. The summed E-state index contributed by atoms with van der Waals surface area (Å²) in [5, 5.41) is 4.62. The highest BCUT2D eigenvalue weighted by Crippen LogP contribution is 2.27. The first-order valence-corrected chi connectivity index (χ1v) is 10.2. The Morgan fingerprint density at radius 2 is 1.00 bits per heavy atom. The van der Waals surface area contributed by atoms with Gasteiger partial charge in [0.2, 0.25) is 0 Å². The molecule has 5 rings (SSSR count). The normalized spacial score (nSPS) is 15.6. The number of nitrogens with zero attached hydrogens (tertiary/aromatic N) is 2. The third kappa shape index (κ3) is 3.46. The third-order valence-electron chi connectivity index (χ3n) is 5.60. The van der Waals surface area contributed by atoms with Crippen LogP contribution < -0.4 is 5.43 Å². The van der Waals surface area contributed by atoms with Crippen LogP contribution in [0.2, 0.25) is 0 Å². The molecule has 3 heteroatoms. The van der Waals surface area contributed by atoms with Crippen molar-refractivity contribution in [2.24, 2.45) is 5.10 Å². The third-order valence-corrected chi connectivity index (χ3v) is 5.60. The minimum Gasteiger partial charge on any atom is -0.332 e. The van der Waals surface area contributed by atoms with Crippen LogP contribution in [0.4, 0.5) is 0 Å². The van der Waals surface area contributed by atoms with E-state index in [1.54, 1.807) is 0 Å². The molecule has 4 aromatic carbocycles. The number of rotatable bonds is 4. The van der Waals surface area contributed by atoms with E-state index in [2.05, 4.69) is 120 Å². The lowest BCUT2D eigenvalue weighted by molar-refractivity contribution is 0.359. The molecule has 0 aromatic heterocycles. The molecular weight excluding hydrogens is 366 g/mol. The highest BCUT2D eigenvalue weighted by Gasteiger charge is 2.26. The maximum Gasteiger partial charge on any atom is 0.157 e. The van der Waals surface area contributed by atoms with Crippen LogP contribution in [-0.2, 0) is 0 Å². The molecule has 1 atom stereocenters. The van der Waals surface area contributed by atoms with Gasteiger partial charge in [0.25, 0.3) is 0 Å². The number of amidine groups is 1. The first-order chi connectivity index (χ1) is 14.8. The first kappa shape index (κ1) is 18.2. The molecule has 0 amide bonds. The number of hydrogen-bond acceptors (Lipinski definition) is 3. The van der Waals surface area contributed by atoms with E-state index in [-0.39, 0.29) is 6.17 Å². The van der Waals surface area contributed by atoms with Crippen LogP contribution in [0.3, 0.4) is 0 Å². The van der Waals surface area contributed by atoms with Gasteiger partial charge >= 0.3 is 0 Å². The minimum absolute atomic E-state index is 0.0265. The fraction of sp³-hybridized carbons (Fsp3) is 0.0741. The Bertz CT molecular complexity index is 1150. The molecular formula is C27H23N3. The Morgan fingerprint density at radius 3 is 1.53 bits per heavy atom. The van der Waals surface area contributed by atoms with Gasteiger partial charge in [0.05, 0.1) is 0 Å². The van der Waals surface area contributed by atoms with Gasteiger partial charge in [-0.1, -0.05) is 109 Å². The molecule has 0 fully saturated rings. The smallest absolute Gasteiger partial charge is 0.157 e. The second-order valence-electron chi connectivity index (χ2n) is 7.51. The molecule has 0 radical (unpaired) electrons. The second kappa shape index (κ2) is 7.88. The number of hydrogen-bond donors (Lipinski definition) is 1. The molecule has 1 aliphatic rings. The van der Waals surface area contributed by atoms with Crippen LogP contribution in [0.1, 0.15) is 17.3 Å². The van der Waals surface area contributed by atoms with E-state index < -0.39 is 0 Å². The highest BCUT2D eigenvalue weighted by atomic mass is 15.5. The van der Waals surface area contributed by atoms with Crippen LogP contribution >= 0.6 is 0 Å². The van der Waals surface area contributed by atoms with Gasteiger partial charge in [-0.3, -0.25) is 5.43 Å². The Kier molecular flexibility index (Phi) is 4.78. The van der Waals surface area contributed by atoms with Crippen molar-refractivity contribution >= 4 is 5.84 Å². The summed E-state index contributed by atoms with van der Waals surface area (Å²) in [6, 6.07) is 38.2. The van der Waals surface area contributed by atoms with Crippen molar-refractivity contribution in [3.63, 3.8) is 0 Å². The van der Waals surface area contributed by atoms with Crippen molar-refractivity contribution in [3.05, 3.63) is 120 Å². The van der Waals surface area contributed by atoms with E-state index in [0.29, 0.717) is 0 Å². The van der Waals surface area contributed by atoms with Gasteiger partial charge in [-0.15, -0.1) is 0 Å². The molecule has 1 aliphatic heterocycles. The Morgan fingerprint density at radius 1 is 0.567 bits per heavy atom. The molecule has 146 valence electrons. The van der Waals surface area contributed by atoms with Crippen LogP contribution in [0.5, 0.6) is 0 Å². The summed E-state index contributed by atoms with van der Waals surface area (Å²) in [4.78, 5) is 2.19. The summed E-state index contributed by atoms with van der Waals surface area (Å²) < 4.78 is 0. The van der Waals surface area contributed by atoms with Gasteiger partial charge in [-0.05, 0) is 27.8 Å². The summed E-state index contributed by atoms with van der Waals surface area (Å²) in [6.07, 6.45) is 0.0265. The predicted molar refractivity (Wildman–Crippen MR) is 124 cm³/mol. The quantitative estimate of drug-likeness (QED) is 0.469. The fourth-order valence-electron chi connectivity index (χ4n) is 3.91. The first-order valence-electron chi connectivity index (χ1n) is 10.2. The van der Waals surface area contributed by atoms with E-state index >= 15 is 0 Å². The van der Waals surface area contributed by atoms with Gasteiger partial charge in [0, 0.05) is 12.6 Å². The molecule has 4 aromatic rings. The maximum absolute atomic E-state index is 4.62. The minimum atomic E-state index is 0.0265. The van der Waals surface area contributed by atoms with Crippen molar-refractivity contribution in [1.82, 2.24) is 10.3 Å². The molecule has 0 saturated heterocycles. The highest BCUT2D eigenvalue weighted by molar-refractivity contribution is 6.00. The van der Waals surface area contributed by atoms with Crippen molar-refractivity contribution in [1.29, 1.82) is 0 Å². The number of hydrazone groups is 1. The average Bonchev–Trinajstić information content (AvgIpc) is 3.22. The zero-order valence-corrected chi connectivity index (χ0v) is 16.9. The van der Waals surface area contributed by atoms with Crippen LogP contribution in [0.25, 0.3) is 22.3 Å². The molecule has 0 spiro atoms. The van der Waals surface area contributed by atoms with Gasteiger partial charge in [-0.25, -0.2) is 0 Å². The summed E-state index contributed by atoms with van der Waals surface area (Å²) in [5.74, 6) is 0.951. The molecule has 1 heterocycles. The lowest BCUT2D eigenvalue weighted by atomic mass is 10.0. The molecule has 30 heavy (non-hydrogen) atoms. The van der Waals surface area contributed by atoms with Crippen molar-refractivity contribution in [3.8, 4) is 22.3 Å². The van der Waals surface area contributed by atoms with Crippen LogP contribution in [-0.4, -0.2) is 17.8 Å². The van der Waals surface area contributed by atoms with Crippen molar-refractivity contribution in [2.75, 3.05) is 7.05 Å². The fourth-order valence-corrected chi connectivity index (χ4v) is 3.91. The Labute approximate surface area is 177 Å². The molecule has 0 saturated carbocycles. The Balaban J connectivity index is 1.33. The molecule has 0 bridgehead atoms. The van der Waals surface area contributed by atoms with Gasteiger partial charge < -0.3 is 4.90 Å². The predicted octanol–water partition coefficient (Wildman–Crippen LogP) is 5.92. The van der Waals surface area contributed by atoms with E-state index in [0.717, 1.165) is 11.4 Å². The van der Waals surface area contributed by atoms with E-state index in [9.17, 15) is 0 Å². The van der Waals surface area contributed by atoms with Gasteiger partial charge in [-0.2, -0.15) is 5.10 Å². The Hall–Kier alpha value is -3.85. The van der Waals surface area contributed by atoms with E-state index in [1.807, 2.05) is 12.1 Å². The summed E-state index contributed by atoms with van der Waals surface area (Å²) in [6.45, 7) is 0. The molecule has 1 unspecified atom stereocenters. The molecule has 0 aliphatic carbocycles. The lowest BCUT2D eigenvalue weighted by Gasteiger charge is -2.23. The van der Waals surface area contributed by atoms with Crippen molar-refractivity contribution < 1.29 is 0 Å². The summed E-state index contributed by atoms with van der Waals surface area (Å²) in [7, 11) is 2.08. The summed E-state index contributed by atoms with van der Waals surface area (Å²) in [5.41, 5.74) is 10.5. The van der Waals surface area contributed by atoms with E-state index in [1.165, 1.54) is 27.8 Å². The monoisotopic (exact) mass is 389 g/mol. The second-order valence-corrected chi connectivity index (χ2v) is 7.51. The zero-order valence-electron chi connectivity index (χ0n) is 16.9. The topological polar surface area (TPSA) is 27.6 Å². The largest absolute Gasteiger partial charge is 0.332 e. The number of benzene rings is 4. The van der Waals surface area contributed by atoms with Crippen LogP contribution in [0.15, 0.2) is 114 Å². The molecule has 1 N–H and O–H groups in total. The maximum atomic E-state index is 4.62. The molecule has 3 nitrogen and oxygen atoms in total. The van der Waals surface area contributed by atoms with Crippen LogP contribution in [0, 0.1) is 0 Å². The van der Waals surface area contributed by atoms with Gasteiger partial charge in [0.15, 0.2) is 5.84 Å². The standard InChI is InChI=1S/C27H23N3/c1-30-26(24-16-12-22(13-17-24)20-8-4-2-5-9-20)28-29-27(30)25-18-14-23(15-19-25)21-10-6-3-7-11-21/h2-19,26,28H,1H3. The van der Waals surface area contributed by atoms with E-state index in [4.69, 9.17) is 0 Å².